The standard InChI is InChI=1S/C22H30N4O2/c27-21(16-26-22(28)20-9-5-4-8-18(20)14-23-26)24-19-10-12-25(13-11-19)15-17-6-2-1-3-7-17/h4-5,8-9,14,17,19H,1-3,6-7,10-13,15-16H2,(H,24,27). The molecule has 2 aliphatic rings. The van der Waals surface area contributed by atoms with Crippen LogP contribution in [-0.2, 0) is 11.3 Å². The average Bonchev–Trinajstić information content (AvgIpc) is 2.72. The van der Waals surface area contributed by atoms with E-state index in [2.05, 4.69) is 15.3 Å². The number of rotatable bonds is 5. The first-order valence-corrected chi connectivity index (χ1v) is 10.7. The number of amides is 1. The van der Waals surface area contributed by atoms with Crippen molar-refractivity contribution in [3.63, 3.8) is 0 Å². The van der Waals surface area contributed by atoms with E-state index >= 15 is 0 Å². The second kappa shape index (κ2) is 8.86. The quantitative estimate of drug-likeness (QED) is 0.863. The molecule has 0 atom stereocenters. The van der Waals surface area contributed by atoms with Crippen molar-refractivity contribution in [3.05, 3.63) is 40.8 Å². The Kier molecular flexibility index (Phi) is 6.05. The number of carbonyl (C=O) groups is 1. The lowest BCUT2D eigenvalue weighted by Crippen LogP contribution is -2.47. The topological polar surface area (TPSA) is 67.2 Å². The first-order valence-electron chi connectivity index (χ1n) is 10.7. The predicted molar refractivity (Wildman–Crippen MR) is 110 cm³/mol. The SMILES string of the molecule is O=C(Cn1ncc2ccccc2c1=O)NC1CCN(CC2CCCCC2)CC1. The second-order valence-electron chi connectivity index (χ2n) is 8.34. The molecule has 1 saturated carbocycles. The van der Waals surface area contributed by atoms with Crippen molar-refractivity contribution in [3.8, 4) is 0 Å². The lowest BCUT2D eigenvalue weighted by molar-refractivity contribution is -0.122. The van der Waals surface area contributed by atoms with Gasteiger partial charge in [0, 0.05) is 31.1 Å². The Hall–Kier alpha value is -2.21. The molecule has 2 fully saturated rings. The summed E-state index contributed by atoms with van der Waals surface area (Å²) in [6.07, 6.45) is 10.6. The average molecular weight is 383 g/mol. The van der Waals surface area contributed by atoms with Crippen LogP contribution in [0.3, 0.4) is 0 Å². The Labute approximate surface area is 165 Å². The van der Waals surface area contributed by atoms with E-state index < -0.39 is 0 Å². The van der Waals surface area contributed by atoms with Crippen LogP contribution in [-0.4, -0.2) is 46.3 Å². The highest BCUT2D eigenvalue weighted by Crippen LogP contribution is 2.25. The molecule has 1 aliphatic heterocycles. The highest BCUT2D eigenvalue weighted by Gasteiger charge is 2.23. The fourth-order valence-electron chi connectivity index (χ4n) is 4.64. The van der Waals surface area contributed by atoms with E-state index in [1.54, 1.807) is 12.3 Å². The molecule has 2 heterocycles. The maximum absolute atomic E-state index is 12.5. The maximum atomic E-state index is 12.5. The Morgan fingerprint density at radius 2 is 1.82 bits per heavy atom. The third-order valence-electron chi connectivity index (χ3n) is 6.25. The molecule has 6 nitrogen and oxygen atoms in total. The van der Waals surface area contributed by atoms with E-state index in [-0.39, 0.29) is 24.1 Å². The van der Waals surface area contributed by atoms with Gasteiger partial charge in [-0.3, -0.25) is 9.59 Å². The molecule has 28 heavy (non-hydrogen) atoms. The zero-order valence-electron chi connectivity index (χ0n) is 16.5. The normalized spacial score (nSPS) is 19.7. The van der Waals surface area contributed by atoms with Crippen LogP contribution in [0.1, 0.15) is 44.9 Å². The van der Waals surface area contributed by atoms with E-state index in [9.17, 15) is 9.59 Å². The molecule has 0 bridgehead atoms. The summed E-state index contributed by atoms with van der Waals surface area (Å²) >= 11 is 0. The molecule has 0 unspecified atom stereocenters. The minimum Gasteiger partial charge on any atom is -0.352 e. The molecule has 0 radical (unpaired) electrons. The van der Waals surface area contributed by atoms with Crippen molar-refractivity contribution in [1.82, 2.24) is 20.0 Å². The maximum Gasteiger partial charge on any atom is 0.275 e. The molecule has 1 saturated heterocycles. The molecule has 150 valence electrons. The van der Waals surface area contributed by atoms with E-state index in [0.717, 1.165) is 37.2 Å². The van der Waals surface area contributed by atoms with Crippen molar-refractivity contribution in [2.75, 3.05) is 19.6 Å². The highest BCUT2D eigenvalue weighted by atomic mass is 16.2. The lowest BCUT2D eigenvalue weighted by Gasteiger charge is -2.35. The minimum atomic E-state index is -0.212. The van der Waals surface area contributed by atoms with Crippen LogP contribution in [0, 0.1) is 5.92 Å². The second-order valence-corrected chi connectivity index (χ2v) is 8.34. The number of benzene rings is 1. The van der Waals surface area contributed by atoms with Crippen molar-refractivity contribution in [2.45, 2.75) is 57.5 Å². The van der Waals surface area contributed by atoms with E-state index in [1.807, 2.05) is 18.2 Å². The third-order valence-corrected chi connectivity index (χ3v) is 6.25. The van der Waals surface area contributed by atoms with Crippen LogP contribution in [0.5, 0.6) is 0 Å². The monoisotopic (exact) mass is 382 g/mol. The smallest absolute Gasteiger partial charge is 0.275 e. The summed E-state index contributed by atoms with van der Waals surface area (Å²) in [6.45, 7) is 3.30. The van der Waals surface area contributed by atoms with Gasteiger partial charge >= 0.3 is 0 Å². The van der Waals surface area contributed by atoms with Crippen LogP contribution in [0.15, 0.2) is 35.3 Å². The molecule has 1 aromatic carbocycles. The van der Waals surface area contributed by atoms with Gasteiger partial charge in [-0.25, -0.2) is 4.68 Å². The highest BCUT2D eigenvalue weighted by molar-refractivity contribution is 5.81. The molecule has 4 rings (SSSR count). The number of aromatic nitrogens is 2. The van der Waals surface area contributed by atoms with Crippen LogP contribution in [0.4, 0.5) is 0 Å². The van der Waals surface area contributed by atoms with Gasteiger partial charge in [0.1, 0.15) is 6.54 Å². The van der Waals surface area contributed by atoms with Crippen molar-refractivity contribution in [1.29, 1.82) is 0 Å². The fourth-order valence-corrected chi connectivity index (χ4v) is 4.64. The van der Waals surface area contributed by atoms with Gasteiger partial charge in [-0.05, 0) is 37.7 Å². The van der Waals surface area contributed by atoms with Gasteiger partial charge in [-0.1, -0.05) is 37.5 Å². The third kappa shape index (κ3) is 4.61. The van der Waals surface area contributed by atoms with Crippen LogP contribution in [0.25, 0.3) is 10.8 Å². The van der Waals surface area contributed by atoms with Gasteiger partial charge in [0.25, 0.3) is 5.56 Å². The molecule has 0 spiro atoms. The number of nitrogens with zero attached hydrogens (tertiary/aromatic N) is 3. The van der Waals surface area contributed by atoms with Gasteiger partial charge in [0.05, 0.1) is 11.6 Å². The summed E-state index contributed by atoms with van der Waals surface area (Å²) in [4.78, 5) is 27.5. The Bertz CT molecular complexity index is 864. The summed E-state index contributed by atoms with van der Waals surface area (Å²) in [6, 6.07) is 7.53. The summed E-state index contributed by atoms with van der Waals surface area (Å²) in [5.74, 6) is 0.737. The molecule has 1 amide bonds. The summed E-state index contributed by atoms with van der Waals surface area (Å²) < 4.78 is 1.26. The van der Waals surface area contributed by atoms with Gasteiger partial charge in [0.15, 0.2) is 0 Å². The molecular formula is C22H30N4O2. The first-order chi connectivity index (χ1) is 13.7. The van der Waals surface area contributed by atoms with E-state index in [1.165, 1.54) is 43.3 Å². The number of nitrogens with one attached hydrogen (secondary N) is 1. The molecule has 6 heteroatoms. The van der Waals surface area contributed by atoms with Crippen LogP contribution < -0.4 is 10.9 Å². The first kappa shape index (κ1) is 19.1. The fraction of sp³-hybridized carbons (Fsp3) is 0.591. The van der Waals surface area contributed by atoms with Crippen molar-refractivity contribution >= 4 is 16.7 Å². The summed E-state index contributed by atoms with van der Waals surface area (Å²) in [5.41, 5.74) is -0.212. The molecular weight excluding hydrogens is 352 g/mol. The molecule has 1 aliphatic carbocycles. The zero-order valence-corrected chi connectivity index (χ0v) is 16.5. The largest absolute Gasteiger partial charge is 0.352 e. The summed E-state index contributed by atoms with van der Waals surface area (Å²) in [7, 11) is 0. The molecule has 1 aromatic heterocycles. The zero-order chi connectivity index (χ0) is 19.3. The predicted octanol–water partition coefficient (Wildman–Crippen LogP) is 2.56. The number of hydrogen-bond donors (Lipinski definition) is 1. The Morgan fingerprint density at radius 3 is 2.61 bits per heavy atom. The van der Waals surface area contributed by atoms with E-state index in [0.29, 0.717) is 5.39 Å². The Morgan fingerprint density at radius 1 is 1.07 bits per heavy atom. The number of piperidine rings is 1. The number of likely N-dealkylation sites (tertiary alicyclic amines) is 1. The number of hydrogen-bond acceptors (Lipinski definition) is 4. The van der Waals surface area contributed by atoms with Gasteiger partial charge in [-0.2, -0.15) is 5.10 Å². The van der Waals surface area contributed by atoms with E-state index in [4.69, 9.17) is 0 Å². The van der Waals surface area contributed by atoms with Gasteiger partial charge in [-0.15, -0.1) is 0 Å². The van der Waals surface area contributed by atoms with Crippen molar-refractivity contribution in [2.24, 2.45) is 5.92 Å². The number of carbonyl (C=O) groups excluding carboxylic acids is 1. The van der Waals surface area contributed by atoms with Gasteiger partial charge < -0.3 is 10.2 Å². The summed E-state index contributed by atoms with van der Waals surface area (Å²) in [5, 5.41) is 8.65. The number of fused-ring (bicyclic) bond motifs is 1. The van der Waals surface area contributed by atoms with Crippen LogP contribution >= 0.6 is 0 Å². The molecule has 2 aromatic rings. The van der Waals surface area contributed by atoms with Crippen LogP contribution in [0.2, 0.25) is 0 Å². The van der Waals surface area contributed by atoms with Gasteiger partial charge in [0.2, 0.25) is 5.91 Å². The molecule has 1 N–H and O–H groups in total. The minimum absolute atomic E-state index is 0.0219. The lowest BCUT2D eigenvalue weighted by atomic mass is 9.88. The Balaban J connectivity index is 1.27. The van der Waals surface area contributed by atoms with Crippen molar-refractivity contribution < 1.29 is 4.79 Å².